The highest BCUT2D eigenvalue weighted by molar-refractivity contribution is 5.90. The Labute approximate surface area is 132 Å². The summed E-state index contributed by atoms with van der Waals surface area (Å²) in [6.45, 7) is 11.0. The Hall–Kier alpha value is -1.78. The van der Waals surface area contributed by atoms with Gasteiger partial charge in [0.2, 0.25) is 0 Å². The first-order chi connectivity index (χ1) is 10.2. The maximum absolute atomic E-state index is 12.3. The van der Waals surface area contributed by atoms with Gasteiger partial charge >= 0.3 is 11.9 Å². The van der Waals surface area contributed by atoms with Gasteiger partial charge in [0.15, 0.2) is 0 Å². The van der Waals surface area contributed by atoms with E-state index in [0.717, 1.165) is 36.1 Å². The van der Waals surface area contributed by atoms with Gasteiger partial charge in [0, 0.05) is 6.92 Å². The summed E-state index contributed by atoms with van der Waals surface area (Å²) in [6, 6.07) is 0. The molecule has 1 aromatic heterocycles. The number of hydrogen-bond acceptors (Lipinski definition) is 4. The zero-order valence-electron chi connectivity index (χ0n) is 14.5. The Balaban J connectivity index is 3.07. The summed E-state index contributed by atoms with van der Waals surface area (Å²) in [5.41, 5.74) is 2.60. The van der Waals surface area contributed by atoms with Gasteiger partial charge in [0.1, 0.15) is 17.9 Å². The molecule has 22 heavy (non-hydrogen) atoms. The standard InChI is InChI=1S/C17H27NO4/c1-7-8-9-13-11(2)15(16(20)22-17(4,5)6)18-14(13)10-21-12(3)19/h18H,7-10H2,1-6H3. The molecule has 0 saturated heterocycles. The van der Waals surface area contributed by atoms with Gasteiger partial charge in [-0.15, -0.1) is 0 Å². The number of ether oxygens (including phenoxy) is 2. The fraction of sp³-hybridized carbons (Fsp3) is 0.647. The van der Waals surface area contributed by atoms with Crippen LogP contribution in [0.1, 0.15) is 74.8 Å². The summed E-state index contributed by atoms with van der Waals surface area (Å²) in [5.74, 6) is -0.718. The SMILES string of the molecule is CCCCc1c(COC(C)=O)[nH]c(C(=O)OC(C)(C)C)c1C. The van der Waals surface area contributed by atoms with E-state index in [2.05, 4.69) is 11.9 Å². The fourth-order valence-corrected chi connectivity index (χ4v) is 2.22. The van der Waals surface area contributed by atoms with E-state index < -0.39 is 5.60 Å². The van der Waals surface area contributed by atoms with Gasteiger partial charge in [-0.3, -0.25) is 4.79 Å². The number of carbonyl (C=O) groups excluding carboxylic acids is 2. The van der Waals surface area contributed by atoms with E-state index in [1.807, 2.05) is 27.7 Å². The Morgan fingerprint density at radius 1 is 1.23 bits per heavy atom. The van der Waals surface area contributed by atoms with Crippen molar-refractivity contribution in [2.24, 2.45) is 0 Å². The second-order valence-corrected chi connectivity index (χ2v) is 6.47. The first-order valence-electron chi connectivity index (χ1n) is 7.72. The van der Waals surface area contributed by atoms with Crippen LogP contribution in [-0.4, -0.2) is 22.5 Å². The van der Waals surface area contributed by atoms with Crippen molar-refractivity contribution in [2.45, 2.75) is 73.0 Å². The highest BCUT2D eigenvalue weighted by Gasteiger charge is 2.24. The van der Waals surface area contributed by atoms with Crippen molar-refractivity contribution in [3.8, 4) is 0 Å². The lowest BCUT2D eigenvalue weighted by molar-refractivity contribution is -0.142. The number of H-pyrrole nitrogens is 1. The summed E-state index contributed by atoms with van der Waals surface area (Å²) in [4.78, 5) is 26.4. The van der Waals surface area contributed by atoms with Gasteiger partial charge < -0.3 is 14.5 Å². The second kappa shape index (κ2) is 7.47. The zero-order valence-corrected chi connectivity index (χ0v) is 14.5. The molecule has 1 aromatic rings. The number of esters is 2. The van der Waals surface area contributed by atoms with E-state index in [0.29, 0.717) is 5.69 Å². The molecule has 0 aliphatic rings. The molecule has 0 radical (unpaired) electrons. The molecule has 0 saturated carbocycles. The molecule has 0 aromatic carbocycles. The molecular weight excluding hydrogens is 282 g/mol. The molecule has 1 N–H and O–H groups in total. The molecule has 0 unspecified atom stereocenters. The molecule has 0 aliphatic carbocycles. The second-order valence-electron chi connectivity index (χ2n) is 6.47. The number of hydrogen-bond donors (Lipinski definition) is 1. The number of nitrogens with one attached hydrogen (secondary N) is 1. The Kier molecular flexibility index (Phi) is 6.21. The molecule has 5 heteroatoms. The van der Waals surface area contributed by atoms with E-state index in [4.69, 9.17) is 9.47 Å². The third-order valence-corrected chi connectivity index (χ3v) is 3.27. The number of aromatic amines is 1. The van der Waals surface area contributed by atoms with Crippen LogP contribution < -0.4 is 0 Å². The number of carbonyl (C=O) groups is 2. The van der Waals surface area contributed by atoms with Crippen molar-refractivity contribution in [1.82, 2.24) is 4.98 Å². The van der Waals surface area contributed by atoms with Crippen molar-refractivity contribution in [3.05, 3.63) is 22.5 Å². The maximum atomic E-state index is 12.3. The van der Waals surface area contributed by atoms with Gasteiger partial charge in [0.25, 0.3) is 0 Å². The molecule has 1 rings (SSSR count). The summed E-state index contributed by atoms with van der Waals surface area (Å²) in [6.07, 6.45) is 2.91. The average molecular weight is 309 g/mol. The van der Waals surface area contributed by atoms with E-state index in [1.54, 1.807) is 0 Å². The van der Waals surface area contributed by atoms with Gasteiger partial charge in [0.05, 0.1) is 5.69 Å². The lowest BCUT2D eigenvalue weighted by Crippen LogP contribution is -2.24. The van der Waals surface area contributed by atoms with Crippen LogP contribution >= 0.6 is 0 Å². The number of unbranched alkanes of at least 4 members (excludes halogenated alkanes) is 1. The summed E-state index contributed by atoms with van der Waals surface area (Å²) in [5, 5.41) is 0. The van der Waals surface area contributed by atoms with Crippen molar-refractivity contribution in [2.75, 3.05) is 0 Å². The number of rotatable bonds is 6. The zero-order chi connectivity index (χ0) is 16.9. The third-order valence-electron chi connectivity index (χ3n) is 3.27. The predicted octanol–water partition coefficient (Wildman–Crippen LogP) is 3.68. The van der Waals surface area contributed by atoms with Crippen LogP contribution in [0.15, 0.2) is 0 Å². The van der Waals surface area contributed by atoms with Gasteiger partial charge in [-0.05, 0) is 51.7 Å². The largest absolute Gasteiger partial charge is 0.459 e. The Bertz CT molecular complexity index is 538. The minimum absolute atomic E-state index is 0.151. The average Bonchev–Trinajstić information content (AvgIpc) is 2.68. The van der Waals surface area contributed by atoms with Crippen LogP contribution in [-0.2, 0) is 27.3 Å². The van der Waals surface area contributed by atoms with Crippen LogP contribution in [0.5, 0.6) is 0 Å². The first-order valence-corrected chi connectivity index (χ1v) is 7.72. The summed E-state index contributed by atoms with van der Waals surface area (Å²) < 4.78 is 10.5. The molecule has 0 bridgehead atoms. The van der Waals surface area contributed by atoms with E-state index >= 15 is 0 Å². The Morgan fingerprint density at radius 3 is 2.36 bits per heavy atom. The van der Waals surface area contributed by atoms with E-state index in [9.17, 15) is 9.59 Å². The highest BCUT2D eigenvalue weighted by Crippen LogP contribution is 2.23. The molecule has 0 fully saturated rings. The molecule has 0 spiro atoms. The maximum Gasteiger partial charge on any atom is 0.355 e. The van der Waals surface area contributed by atoms with E-state index in [1.165, 1.54) is 6.92 Å². The van der Waals surface area contributed by atoms with Crippen LogP contribution in [0, 0.1) is 6.92 Å². The molecular formula is C17H27NO4. The molecule has 0 atom stereocenters. The normalized spacial score (nSPS) is 11.4. The smallest absolute Gasteiger partial charge is 0.355 e. The summed E-state index contributed by atoms with van der Waals surface area (Å²) >= 11 is 0. The van der Waals surface area contributed by atoms with Crippen molar-refractivity contribution >= 4 is 11.9 Å². The topological polar surface area (TPSA) is 68.4 Å². The van der Waals surface area contributed by atoms with Crippen LogP contribution in [0.2, 0.25) is 0 Å². The minimum atomic E-state index is -0.547. The van der Waals surface area contributed by atoms with Gasteiger partial charge in [-0.2, -0.15) is 0 Å². The number of aromatic nitrogens is 1. The molecule has 1 heterocycles. The third kappa shape index (κ3) is 5.20. The molecule has 124 valence electrons. The van der Waals surface area contributed by atoms with Crippen molar-refractivity contribution in [3.63, 3.8) is 0 Å². The van der Waals surface area contributed by atoms with Crippen LogP contribution in [0.25, 0.3) is 0 Å². The lowest BCUT2D eigenvalue weighted by Gasteiger charge is -2.19. The van der Waals surface area contributed by atoms with Crippen molar-refractivity contribution in [1.29, 1.82) is 0 Å². The molecule has 0 aliphatic heterocycles. The summed E-state index contributed by atoms with van der Waals surface area (Å²) in [7, 11) is 0. The Morgan fingerprint density at radius 2 is 1.86 bits per heavy atom. The fourth-order valence-electron chi connectivity index (χ4n) is 2.22. The van der Waals surface area contributed by atoms with Crippen molar-refractivity contribution < 1.29 is 19.1 Å². The van der Waals surface area contributed by atoms with Gasteiger partial charge in [-0.25, -0.2) is 4.79 Å². The lowest BCUT2D eigenvalue weighted by atomic mass is 10.0. The molecule has 5 nitrogen and oxygen atoms in total. The minimum Gasteiger partial charge on any atom is -0.459 e. The molecule has 0 amide bonds. The first kappa shape index (κ1) is 18.3. The van der Waals surface area contributed by atoms with Crippen LogP contribution in [0.4, 0.5) is 0 Å². The van der Waals surface area contributed by atoms with Crippen LogP contribution in [0.3, 0.4) is 0 Å². The quantitative estimate of drug-likeness (QED) is 0.814. The predicted molar refractivity (Wildman–Crippen MR) is 84.8 cm³/mol. The monoisotopic (exact) mass is 309 g/mol. The van der Waals surface area contributed by atoms with Gasteiger partial charge in [-0.1, -0.05) is 13.3 Å². The highest BCUT2D eigenvalue weighted by atomic mass is 16.6. The van der Waals surface area contributed by atoms with E-state index in [-0.39, 0.29) is 18.5 Å².